The Morgan fingerprint density at radius 1 is 1.10 bits per heavy atom. The first-order valence-corrected chi connectivity index (χ1v) is 9.48. The fourth-order valence-corrected chi connectivity index (χ4v) is 3.55. The van der Waals surface area contributed by atoms with Crippen molar-refractivity contribution < 1.29 is 23.5 Å². The number of amides is 1. The fraction of sp³-hybridized carbons (Fsp3) is 0.261. The van der Waals surface area contributed by atoms with Crippen LogP contribution in [0.2, 0.25) is 0 Å². The number of para-hydroxylation sites is 1. The summed E-state index contributed by atoms with van der Waals surface area (Å²) in [4.78, 5) is 38.1. The van der Waals surface area contributed by atoms with E-state index in [1.54, 1.807) is 0 Å². The van der Waals surface area contributed by atoms with Crippen LogP contribution in [0, 0.1) is 5.82 Å². The molecule has 1 amide bonds. The van der Waals surface area contributed by atoms with Crippen LogP contribution in [-0.4, -0.2) is 37.9 Å². The van der Waals surface area contributed by atoms with Crippen molar-refractivity contribution in [1.29, 1.82) is 0 Å². The Kier molecular flexibility index (Phi) is 6.01. The lowest BCUT2D eigenvalue weighted by molar-refractivity contribution is -0.145. The summed E-state index contributed by atoms with van der Waals surface area (Å²) in [5.41, 5.74) is 2.40. The van der Waals surface area contributed by atoms with Crippen molar-refractivity contribution in [3.8, 4) is 0 Å². The van der Waals surface area contributed by atoms with Crippen LogP contribution >= 0.6 is 0 Å². The molecule has 7 heteroatoms. The maximum absolute atomic E-state index is 13.6. The van der Waals surface area contributed by atoms with E-state index in [0.29, 0.717) is 0 Å². The Labute approximate surface area is 174 Å². The molecule has 0 radical (unpaired) electrons. The average Bonchev–Trinajstić information content (AvgIpc) is 2.92. The number of carbonyl (C=O) groups excluding carboxylic acids is 3. The second kappa shape index (κ2) is 8.49. The first-order valence-electron chi connectivity index (χ1n) is 9.48. The van der Waals surface area contributed by atoms with Gasteiger partial charge in [-0.15, -0.1) is 0 Å². The van der Waals surface area contributed by atoms with E-state index in [4.69, 9.17) is 4.74 Å². The van der Waals surface area contributed by atoms with Gasteiger partial charge in [0.2, 0.25) is 0 Å². The zero-order chi connectivity index (χ0) is 21.9. The van der Waals surface area contributed by atoms with Crippen molar-refractivity contribution in [2.24, 2.45) is 0 Å². The number of fused-ring (bicyclic) bond motifs is 1. The molecule has 1 aliphatic rings. The third-order valence-electron chi connectivity index (χ3n) is 5.13. The monoisotopic (exact) mass is 410 g/mol. The van der Waals surface area contributed by atoms with E-state index in [-0.39, 0.29) is 16.8 Å². The number of ether oxygens (including phenoxy) is 1. The zero-order valence-electron chi connectivity index (χ0n) is 17.1. The lowest BCUT2D eigenvalue weighted by Gasteiger charge is -2.23. The van der Waals surface area contributed by atoms with Gasteiger partial charge in [0.1, 0.15) is 12.4 Å². The molecule has 0 aliphatic carbocycles. The quantitative estimate of drug-likeness (QED) is 0.585. The summed E-state index contributed by atoms with van der Waals surface area (Å²) < 4.78 is 18.5. The van der Waals surface area contributed by atoms with E-state index in [1.807, 2.05) is 50.1 Å². The topological polar surface area (TPSA) is 75.7 Å². The number of hydrogen-bond donors (Lipinski definition) is 1. The van der Waals surface area contributed by atoms with Crippen LogP contribution in [0.1, 0.15) is 29.8 Å². The van der Waals surface area contributed by atoms with Crippen LogP contribution in [0.15, 0.2) is 60.3 Å². The molecule has 3 rings (SSSR count). The number of benzene rings is 2. The molecule has 0 fully saturated rings. The highest BCUT2D eigenvalue weighted by molar-refractivity contribution is 5.97. The summed E-state index contributed by atoms with van der Waals surface area (Å²) in [5.74, 6) is -2.57. The van der Waals surface area contributed by atoms with Crippen LogP contribution in [0.5, 0.6) is 0 Å². The van der Waals surface area contributed by atoms with Gasteiger partial charge < -0.3 is 15.0 Å². The molecular formula is C23H23FN2O4. The molecule has 0 atom stereocenters. The van der Waals surface area contributed by atoms with Crippen LogP contribution in [0.4, 0.5) is 10.1 Å². The zero-order valence-corrected chi connectivity index (χ0v) is 17.1. The van der Waals surface area contributed by atoms with Crippen LogP contribution in [0.3, 0.4) is 0 Å². The molecule has 156 valence electrons. The van der Waals surface area contributed by atoms with Crippen molar-refractivity contribution in [1.82, 2.24) is 5.32 Å². The number of likely N-dealkylation sites (N-methyl/N-ethyl adjacent to an activating group) is 1. The van der Waals surface area contributed by atoms with Crippen molar-refractivity contribution >= 4 is 23.3 Å². The van der Waals surface area contributed by atoms with E-state index >= 15 is 0 Å². The van der Waals surface area contributed by atoms with Gasteiger partial charge in [0.05, 0.1) is 5.56 Å². The van der Waals surface area contributed by atoms with Crippen molar-refractivity contribution in [2.45, 2.75) is 19.3 Å². The number of nitrogens with zero attached hydrogens (tertiary/aromatic N) is 1. The summed E-state index contributed by atoms with van der Waals surface area (Å²) in [6, 6.07) is 13.3. The third-order valence-corrected chi connectivity index (χ3v) is 5.13. The normalized spacial score (nSPS) is 15.6. The highest BCUT2D eigenvalue weighted by Crippen LogP contribution is 2.46. The van der Waals surface area contributed by atoms with Gasteiger partial charge in [-0.2, -0.15) is 0 Å². The molecule has 0 unspecified atom stereocenters. The van der Waals surface area contributed by atoms with Crippen molar-refractivity contribution in [3.63, 3.8) is 0 Å². The molecule has 2 aromatic rings. The molecule has 1 N–H and O–H groups in total. The van der Waals surface area contributed by atoms with E-state index in [9.17, 15) is 18.8 Å². The minimum absolute atomic E-state index is 0.169. The van der Waals surface area contributed by atoms with Gasteiger partial charge >= 0.3 is 5.97 Å². The number of esters is 1. The molecule has 1 aliphatic heterocycles. The molecule has 0 aromatic heterocycles. The molecule has 0 spiro atoms. The summed E-state index contributed by atoms with van der Waals surface area (Å²) in [6.07, 6.45) is 1.48. The summed E-state index contributed by atoms with van der Waals surface area (Å²) in [5, 5.41) is 2.28. The first-order chi connectivity index (χ1) is 14.2. The predicted molar refractivity (Wildman–Crippen MR) is 111 cm³/mol. The number of anilines is 1. The van der Waals surface area contributed by atoms with Crippen LogP contribution in [0.25, 0.3) is 0 Å². The van der Waals surface area contributed by atoms with E-state index in [0.717, 1.165) is 23.0 Å². The number of halogens is 1. The minimum atomic E-state index is -0.784. The van der Waals surface area contributed by atoms with Gasteiger partial charge in [-0.3, -0.25) is 14.4 Å². The molecule has 30 heavy (non-hydrogen) atoms. The average molecular weight is 410 g/mol. The summed E-state index contributed by atoms with van der Waals surface area (Å²) in [6.45, 7) is 3.14. The highest BCUT2D eigenvalue weighted by atomic mass is 19.1. The highest BCUT2D eigenvalue weighted by Gasteiger charge is 2.38. The molecular weight excluding hydrogens is 387 g/mol. The Bertz CT molecular complexity index is 1030. The van der Waals surface area contributed by atoms with Gasteiger partial charge in [-0.1, -0.05) is 44.2 Å². The van der Waals surface area contributed by atoms with Gasteiger partial charge in [-0.25, -0.2) is 4.39 Å². The van der Waals surface area contributed by atoms with Crippen LogP contribution < -0.4 is 10.2 Å². The fourth-order valence-electron chi connectivity index (χ4n) is 3.55. The van der Waals surface area contributed by atoms with E-state index < -0.39 is 30.8 Å². The second-order valence-corrected chi connectivity index (χ2v) is 7.52. The standard InChI is InChI=1S/C23H23FN2O4/c1-23(2)17-9-5-7-11-19(17)26(3)20(23)12-15(27)14-30-21(28)13-25-22(29)16-8-4-6-10-18(16)24/h4-12H,13-14H2,1-3H3,(H,25,29). The van der Waals surface area contributed by atoms with E-state index in [2.05, 4.69) is 5.32 Å². The van der Waals surface area contributed by atoms with Gasteiger partial charge in [0.25, 0.3) is 5.91 Å². The lowest BCUT2D eigenvalue weighted by Crippen LogP contribution is -2.32. The Morgan fingerprint density at radius 3 is 2.47 bits per heavy atom. The van der Waals surface area contributed by atoms with Gasteiger partial charge in [-0.05, 0) is 23.8 Å². The molecule has 0 saturated carbocycles. The Balaban J connectivity index is 1.55. The molecule has 1 heterocycles. The minimum Gasteiger partial charge on any atom is -0.456 e. The number of hydrogen-bond acceptors (Lipinski definition) is 5. The van der Waals surface area contributed by atoms with E-state index in [1.165, 1.54) is 24.3 Å². The van der Waals surface area contributed by atoms with Crippen molar-refractivity contribution in [3.05, 3.63) is 77.2 Å². The summed E-state index contributed by atoms with van der Waals surface area (Å²) >= 11 is 0. The number of nitrogens with one attached hydrogen (secondary N) is 1. The Morgan fingerprint density at radius 2 is 1.77 bits per heavy atom. The molecule has 2 aromatic carbocycles. The lowest BCUT2D eigenvalue weighted by atomic mass is 9.83. The third kappa shape index (κ3) is 4.25. The molecule has 0 bridgehead atoms. The maximum Gasteiger partial charge on any atom is 0.325 e. The largest absolute Gasteiger partial charge is 0.456 e. The maximum atomic E-state index is 13.6. The molecule has 0 saturated heterocycles. The summed E-state index contributed by atoms with van der Waals surface area (Å²) in [7, 11) is 1.89. The smallest absolute Gasteiger partial charge is 0.325 e. The SMILES string of the molecule is CN1C(=CC(=O)COC(=O)CNC(=O)c2ccccc2F)C(C)(C)c2ccccc21. The predicted octanol–water partition coefficient (Wildman–Crippen LogP) is 2.98. The number of ketones is 1. The van der Waals surface area contributed by atoms with Crippen molar-refractivity contribution in [2.75, 3.05) is 25.1 Å². The number of allylic oxidation sites excluding steroid dienone is 1. The van der Waals surface area contributed by atoms with Crippen LogP contribution in [-0.2, 0) is 19.7 Å². The Hall–Kier alpha value is -3.48. The van der Waals surface area contributed by atoms with Gasteiger partial charge in [0, 0.05) is 29.9 Å². The molecule has 6 nitrogen and oxygen atoms in total. The van der Waals surface area contributed by atoms with Gasteiger partial charge in [0.15, 0.2) is 12.4 Å². The number of rotatable bonds is 6. The number of carbonyl (C=O) groups is 3. The first kappa shape index (κ1) is 21.2. The second-order valence-electron chi connectivity index (χ2n) is 7.52.